The normalized spacial score (nSPS) is 21.9. The number of hydrogen-bond acceptors (Lipinski definition) is 14. The van der Waals surface area contributed by atoms with E-state index in [9.17, 15) is 19.3 Å². The van der Waals surface area contributed by atoms with Gasteiger partial charge in [-0.3, -0.25) is 27.7 Å². The van der Waals surface area contributed by atoms with E-state index in [0.717, 1.165) is 0 Å². The van der Waals surface area contributed by atoms with Gasteiger partial charge in [0.15, 0.2) is 23.8 Å². The van der Waals surface area contributed by atoms with Crippen LogP contribution in [0.25, 0.3) is 11.2 Å². The topological polar surface area (TPSA) is 225 Å². The number of ether oxygens (including phenoxy) is 2. The number of aliphatic hydroxyl groups is 1. The van der Waals surface area contributed by atoms with Crippen molar-refractivity contribution in [2.24, 2.45) is 5.41 Å². The van der Waals surface area contributed by atoms with Gasteiger partial charge in [-0.15, -0.1) is 0 Å². The number of nitrogens with one attached hydrogen (secondary N) is 1. The highest BCUT2D eigenvalue weighted by Crippen LogP contribution is 2.57. The molecular formula is C23H38N7O9P. The molecule has 1 aliphatic heterocycles. The fourth-order valence-corrected chi connectivity index (χ4v) is 5.48. The van der Waals surface area contributed by atoms with Crippen molar-refractivity contribution in [3.63, 3.8) is 0 Å². The molecule has 0 saturated carbocycles. The largest absolute Gasteiger partial charge is 0.475 e. The van der Waals surface area contributed by atoms with Gasteiger partial charge < -0.3 is 31.4 Å². The van der Waals surface area contributed by atoms with Gasteiger partial charge >= 0.3 is 13.8 Å². The van der Waals surface area contributed by atoms with E-state index in [2.05, 4.69) is 20.3 Å². The summed E-state index contributed by atoms with van der Waals surface area (Å²) in [6.45, 7) is 9.39. The van der Waals surface area contributed by atoms with Gasteiger partial charge in [-0.05, 0) is 27.7 Å². The van der Waals surface area contributed by atoms with E-state index in [0.29, 0.717) is 0 Å². The first-order valence-corrected chi connectivity index (χ1v) is 14.1. The number of anilines is 2. The molecule has 0 bridgehead atoms. The van der Waals surface area contributed by atoms with Crippen LogP contribution in [0.15, 0.2) is 6.33 Å². The molecule has 0 aliphatic carbocycles. The van der Waals surface area contributed by atoms with Gasteiger partial charge in [-0.1, -0.05) is 13.8 Å². The number of phosphoric acid groups is 1. The first-order valence-electron chi connectivity index (χ1n) is 12.7. The molecule has 0 radical (unpaired) electrons. The number of fused-ring (bicyclic) bond motifs is 1. The number of hydrogen-bond donors (Lipinski definition) is 4. The van der Waals surface area contributed by atoms with E-state index in [1.54, 1.807) is 27.7 Å². The van der Waals surface area contributed by atoms with Crippen LogP contribution in [0, 0.1) is 5.41 Å². The van der Waals surface area contributed by atoms with Gasteiger partial charge in [0.05, 0.1) is 38.7 Å². The van der Waals surface area contributed by atoms with Crippen molar-refractivity contribution in [2.75, 3.05) is 37.8 Å². The summed E-state index contributed by atoms with van der Waals surface area (Å²) in [4.78, 5) is 36.7. The van der Waals surface area contributed by atoms with Crippen molar-refractivity contribution in [3.8, 4) is 0 Å². The number of esters is 1. The van der Waals surface area contributed by atoms with Crippen molar-refractivity contribution >= 4 is 42.6 Å². The highest BCUT2D eigenvalue weighted by atomic mass is 31.2. The standard InChI is InChI=1S/C23H38N7O9P/c1-13(2)38-14(31)7-8-26-19(32)16-22(3,4)11-37-40(34,39-16)36-10-9-35-20(23(5,6)33)30-12-27-15-17(24)28-21(25)29-18(15)30/h12-13,16,20,33H,7-11H2,1-6H3,(H,26,32)(H4,24,25,28,29)/t16-,20+,40?/m0/s1. The van der Waals surface area contributed by atoms with Crippen LogP contribution < -0.4 is 16.8 Å². The lowest BCUT2D eigenvalue weighted by Crippen LogP contribution is -2.50. The smallest absolute Gasteiger partial charge is 0.463 e. The number of carbonyl (C=O) groups is 2. The fourth-order valence-electron chi connectivity index (χ4n) is 3.86. The molecule has 3 heterocycles. The summed E-state index contributed by atoms with van der Waals surface area (Å²) in [5.74, 6) is -1.03. The number of amides is 1. The monoisotopic (exact) mass is 587 g/mol. The molecule has 1 unspecified atom stereocenters. The summed E-state index contributed by atoms with van der Waals surface area (Å²) in [5, 5.41) is 13.4. The summed E-state index contributed by atoms with van der Waals surface area (Å²) in [7, 11) is -4.15. The zero-order chi connectivity index (χ0) is 29.9. The van der Waals surface area contributed by atoms with Crippen molar-refractivity contribution in [1.29, 1.82) is 0 Å². The van der Waals surface area contributed by atoms with Crippen molar-refractivity contribution in [1.82, 2.24) is 24.8 Å². The molecule has 17 heteroatoms. The number of nitrogens with two attached hydrogens (primary N) is 2. The lowest BCUT2D eigenvalue weighted by atomic mass is 9.87. The molecule has 2 aromatic heterocycles. The second-order valence-corrected chi connectivity index (χ2v) is 12.4. The molecule has 1 amide bonds. The maximum Gasteiger partial charge on any atom is 0.475 e. The van der Waals surface area contributed by atoms with Crippen LogP contribution in [0.5, 0.6) is 0 Å². The average molecular weight is 588 g/mol. The molecule has 1 fully saturated rings. The van der Waals surface area contributed by atoms with E-state index in [4.69, 9.17) is 34.5 Å². The van der Waals surface area contributed by atoms with Crippen LogP contribution >= 0.6 is 7.82 Å². The van der Waals surface area contributed by atoms with Crippen molar-refractivity contribution in [2.45, 2.75) is 72.0 Å². The predicted molar refractivity (Wildman–Crippen MR) is 142 cm³/mol. The number of imidazole rings is 1. The Kier molecular flexibility index (Phi) is 9.75. The second kappa shape index (κ2) is 12.3. The number of carbonyl (C=O) groups excluding carboxylic acids is 2. The highest BCUT2D eigenvalue weighted by molar-refractivity contribution is 7.48. The number of phosphoric ester groups is 1. The van der Waals surface area contributed by atoms with Crippen LogP contribution in [0.3, 0.4) is 0 Å². The lowest BCUT2D eigenvalue weighted by Gasteiger charge is -2.39. The van der Waals surface area contributed by atoms with E-state index in [1.807, 2.05) is 0 Å². The van der Waals surface area contributed by atoms with Crippen LogP contribution in [0.2, 0.25) is 0 Å². The number of nitrogen functional groups attached to an aromatic ring is 2. The van der Waals surface area contributed by atoms with Crippen LogP contribution in [-0.2, 0) is 37.2 Å². The van der Waals surface area contributed by atoms with Gasteiger partial charge in [0.25, 0.3) is 0 Å². The van der Waals surface area contributed by atoms with E-state index < -0.39 is 43.0 Å². The summed E-state index contributed by atoms with van der Waals surface area (Å²) in [6, 6.07) is 0. The molecule has 2 aromatic rings. The fraction of sp³-hybridized carbons (Fsp3) is 0.696. The van der Waals surface area contributed by atoms with Gasteiger partial charge in [-0.25, -0.2) is 9.55 Å². The molecule has 1 aliphatic rings. The molecule has 40 heavy (non-hydrogen) atoms. The summed E-state index contributed by atoms with van der Waals surface area (Å²) < 4.78 is 41.8. The van der Waals surface area contributed by atoms with Crippen LogP contribution in [0.1, 0.15) is 54.2 Å². The van der Waals surface area contributed by atoms with Gasteiger partial charge in [0.2, 0.25) is 11.9 Å². The van der Waals surface area contributed by atoms with E-state index in [1.165, 1.54) is 24.7 Å². The zero-order valence-electron chi connectivity index (χ0n) is 23.4. The molecule has 0 aromatic carbocycles. The molecule has 1 saturated heterocycles. The molecule has 224 valence electrons. The van der Waals surface area contributed by atoms with Crippen LogP contribution in [-0.4, -0.2) is 80.7 Å². The maximum atomic E-state index is 13.2. The lowest BCUT2D eigenvalue weighted by molar-refractivity contribution is -0.148. The number of nitrogens with zero attached hydrogens (tertiary/aromatic N) is 4. The number of aromatic nitrogens is 4. The van der Waals surface area contributed by atoms with Crippen LogP contribution in [0.4, 0.5) is 11.8 Å². The highest BCUT2D eigenvalue weighted by Gasteiger charge is 2.49. The molecule has 6 N–H and O–H groups in total. The Morgan fingerprint density at radius 1 is 1.30 bits per heavy atom. The van der Waals surface area contributed by atoms with Gasteiger partial charge in [0.1, 0.15) is 11.1 Å². The third-order valence-corrected chi connectivity index (χ3v) is 7.12. The number of rotatable bonds is 12. The minimum atomic E-state index is -4.15. The van der Waals surface area contributed by atoms with Gasteiger partial charge in [-0.2, -0.15) is 9.97 Å². The Morgan fingerprint density at radius 3 is 2.65 bits per heavy atom. The quantitative estimate of drug-likeness (QED) is 0.156. The average Bonchev–Trinajstić information content (AvgIpc) is 3.23. The summed E-state index contributed by atoms with van der Waals surface area (Å²) >= 11 is 0. The SMILES string of the molecule is CC(C)OC(=O)CCNC(=O)[C@@H]1OP(=O)(OCCO[C@@H](n2cnc3c(N)nc(N)nc32)C(C)(C)O)OCC1(C)C. The molecule has 16 nitrogen and oxygen atoms in total. The molecule has 3 rings (SSSR count). The Labute approximate surface area is 231 Å². The Hall–Kier alpha value is -2.88. The molecular weight excluding hydrogens is 549 g/mol. The predicted octanol–water partition coefficient (Wildman–Crippen LogP) is 1.30. The summed E-state index contributed by atoms with van der Waals surface area (Å²) in [6.07, 6.45) is -1.12. The third kappa shape index (κ3) is 7.86. The van der Waals surface area contributed by atoms with E-state index >= 15 is 0 Å². The first-order chi connectivity index (χ1) is 18.5. The zero-order valence-corrected chi connectivity index (χ0v) is 24.3. The molecule has 0 spiro atoms. The second-order valence-electron chi connectivity index (χ2n) is 10.8. The Morgan fingerprint density at radius 2 is 2.00 bits per heavy atom. The minimum Gasteiger partial charge on any atom is -0.463 e. The van der Waals surface area contributed by atoms with Crippen molar-refractivity contribution in [3.05, 3.63) is 6.33 Å². The molecule has 3 atom stereocenters. The minimum absolute atomic E-state index is 0.0175. The first kappa shape index (κ1) is 31.6. The van der Waals surface area contributed by atoms with Gasteiger partial charge in [0, 0.05) is 12.0 Å². The third-order valence-electron chi connectivity index (χ3n) is 5.70. The van der Waals surface area contributed by atoms with Crippen molar-refractivity contribution < 1.29 is 42.3 Å². The Balaban J connectivity index is 1.60. The van der Waals surface area contributed by atoms with E-state index in [-0.39, 0.29) is 61.8 Å². The Bertz CT molecular complexity index is 1260. The maximum absolute atomic E-state index is 13.2. The summed E-state index contributed by atoms with van der Waals surface area (Å²) in [5.41, 5.74) is 9.84.